The highest BCUT2D eigenvalue weighted by atomic mass is 16.5. The second-order valence-electron chi connectivity index (χ2n) is 5.34. The Labute approximate surface area is 119 Å². The summed E-state index contributed by atoms with van der Waals surface area (Å²) in [5, 5.41) is 0. The summed E-state index contributed by atoms with van der Waals surface area (Å²) in [4.78, 5) is 2.42. The van der Waals surface area contributed by atoms with Crippen LogP contribution in [0.25, 0.3) is 0 Å². The Morgan fingerprint density at radius 1 is 0.950 bits per heavy atom. The smallest absolute Gasteiger partial charge is 0.197 e. The van der Waals surface area contributed by atoms with Gasteiger partial charge in [0.05, 0.1) is 19.3 Å². The maximum Gasteiger partial charge on any atom is 0.197 e. The largest absolute Gasteiger partial charge is 0.375 e. The fraction of sp³-hybridized carbons (Fsp3) is 0.176. The van der Waals surface area contributed by atoms with E-state index in [4.69, 9.17) is 4.74 Å². The number of nitrogens with zero attached hydrogens (tertiary/aromatic N) is 1. The molecule has 0 N–H and O–H groups in total. The molecule has 0 aliphatic carbocycles. The molecule has 0 radical (unpaired) electrons. The maximum atomic E-state index is 5.64. The van der Waals surface area contributed by atoms with Crippen LogP contribution in [0.2, 0.25) is 0 Å². The predicted molar refractivity (Wildman–Crippen MR) is 85.2 cm³/mol. The summed E-state index contributed by atoms with van der Waals surface area (Å²) in [6.07, 6.45) is 4.39. The summed E-state index contributed by atoms with van der Waals surface area (Å²) in [6.45, 7) is 1.48. The first-order valence-corrected chi connectivity index (χ1v) is 7.13. The van der Waals surface area contributed by atoms with E-state index in [1.54, 1.807) is 0 Å². The van der Waals surface area contributed by atoms with Gasteiger partial charge in [-0.1, -0.05) is 59.5 Å². The first-order valence-electron chi connectivity index (χ1n) is 7.13. The number of ether oxygens (including phenoxy) is 1. The number of hydrogen-bond acceptors (Lipinski definition) is 2. The third-order valence-electron chi connectivity index (χ3n) is 4.08. The SMILES string of the molecule is B1c2ccccc2N(C2C=CCOC2)c2ccccc21. The molecule has 0 aromatic heterocycles. The van der Waals surface area contributed by atoms with Crippen LogP contribution < -0.4 is 15.8 Å². The number of anilines is 2. The van der Waals surface area contributed by atoms with E-state index < -0.39 is 0 Å². The van der Waals surface area contributed by atoms with Crippen LogP contribution in [0.5, 0.6) is 0 Å². The summed E-state index contributed by atoms with van der Waals surface area (Å²) in [5.41, 5.74) is 5.41. The van der Waals surface area contributed by atoms with Gasteiger partial charge in [0.15, 0.2) is 7.28 Å². The Morgan fingerprint density at radius 3 is 2.20 bits per heavy atom. The summed E-state index contributed by atoms with van der Waals surface area (Å²) >= 11 is 0. The highest BCUT2D eigenvalue weighted by Gasteiger charge is 2.28. The molecule has 0 spiro atoms. The summed E-state index contributed by atoms with van der Waals surface area (Å²) < 4.78 is 5.64. The lowest BCUT2D eigenvalue weighted by atomic mass is 9.60. The molecule has 3 heteroatoms. The molecular weight excluding hydrogens is 245 g/mol. The average Bonchev–Trinajstić information content (AvgIpc) is 2.53. The van der Waals surface area contributed by atoms with Gasteiger partial charge in [-0.05, 0) is 12.1 Å². The standard InChI is InChI=1S/C17H16BNO/c1-3-9-16-14(7-1)18-15-8-2-4-10-17(15)19(16)13-6-5-11-20-12-13/h1-10,13,18H,11-12H2. The van der Waals surface area contributed by atoms with E-state index in [1.165, 1.54) is 22.3 Å². The molecule has 2 heterocycles. The molecule has 20 heavy (non-hydrogen) atoms. The molecule has 1 unspecified atom stereocenters. The van der Waals surface area contributed by atoms with E-state index >= 15 is 0 Å². The van der Waals surface area contributed by atoms with Crippen molar-refractivity contribution in [1.82, 2.24) is 0 Å². The molecule has 98 valence electrons. The number of rotatable bonds is 1. The van der Waals surface area contributed by atoms with E-state index in [-0.39, 0.29) is 6.04 Å². The van der Waals surface area contributed by atoms with Crippen molar-refractivity contribution in [3.63, 3.8) is 0 Å². The number of benzene rings is 2. The molecule has 2 aromatic rings. The lowest BCUT2D eigenvalue weighted by Gasteiger charge is -2.38. The van der Waals surface area contributed by atoms with Crippen molar-refractivity contribution in [3.8, 4) is 0 Å². The molecule has 2 aliphatic heterocycles. The Kier molecular flexibility index (Phi) is 2.85. The fourth-order valence-corrected chi connectivity index (χ4v) is 3.17. The first-order chi connectivity index (χ1) is 9.93. The highest BCUT2D eigenvalue weighted by Crippen LogP contribution is 2.29. The van der Waals surface area contributed by atoms with E-state index in [1.807, 2.05) is 0 Å². The normalized spacial score (nSPS) is 20.0. The monoisotopic (exact) mass is 261 g/mol. The van der Waals surface area contributed by atoms with Crippen LogP contribution in [-0.2, 0) is 4.74 Å². The zero-order chi connectivity index (χ0) is 13.4. The van der Waals surface area contributed by atoms with Crippen molar-refractivity contribution in [3.05, 3.63) is 60.7 Å². The minimum absolute atomic E-state index is 0.284. The third kappa shape index (κ3) is 1.86. The van der Waals surface area contributed by atoms with Crippen molar-refractivity contribution < 1.29 is 4.74 Å². The van der Waals surface area contributed by atoms with Crippen LogP contribution in [0.3, 0.4) is 0 Å². The summed E-state index contributed by atoms with van der Waals surface area (Å²) in [6, 6.07) is 17.7. The van der Waals surface area contributed by atoms with E-state index in [2.05, 4.69) is 65.6 Å². The number of fused-ring (bicyclic) bond motifs is 2. The van der Waals surface area contributed by atoms with Crippen LogP contribution >= 0.6 is 0 Å². The Bertz CT molecular complexity index is 622. The van der Waals surface area contributed by atoms with E-state index in [0.29, 0.717) is 0 Å². The van der Waals surface area contributed by atoms with Gasteiger partial charge in [0, 0.05) is 11.4 Å². The Balaban J connectivity index is 1.87. The van der Waals surface area contributed by atoms with Crippen molar-refractivity contribution in [2.75, 3.05) is 18.1 Å². The number of hydrogen-bond donors (Lipinski definition) is 0. The minimum atomic E-state index is 0.284. The number of para-hydroxylation sites is 2. The Morgan fingerprint density at radius 2 is 1.60 bits per heavy atom. The molecule has 2 aliphatic rings. The summed E-state index contributed by atoms with van der Waals surface area (Å²) in [7, 11) is 1.01. The van der Waals surface area contributed by atoms with Crippen molar-refractivity contribution in [1.29, 1.82) is 0 Å². The van der Waals surface area contributed by atoms with Gasteiger partial charge >= 0.3 is 0 Å². The molecule has 2 nitrogen and oxygen atoms in total. The first kappa shape index (κ1) is 11.8. The average molecular weight is 261 g/mol. The molecule has 0 saturated carbocycles. The van der Waals surface area contributed by atoms with E-state index in [0.717, 1.165) is 20.5 Å². The van der Waals surface area contributed by atoms with Gasteiger partial charge < -0.3 is 9.64 Å². The molecule has 2 aromatic carbocycles. The zero-order valence-electron chi connectivity index (χ0n) is 11.3. The lowest BCUT2D eigenvalue weighted by molar-refractivity contribution is 0.147. The van der Waals surface area contributed by atoms with Gasteiger partial charge in [-0.25, -0.2) is 0 Å². The highest BCUT2D eigenvalue weighted by molar-refractivity contribution is 6.71. The fourth-order valence-electron chi connectivity index (χ4n) is 3.17. The van der Waals surface area contributed by atoms with Crippen LogP contribution in [0.15, 0.2) is 60.7 Å². The molecule has 0 bridgehead atoms. The van der Waals surface area contributed by atoms with E-state index in [9.17, 15) is 0 Å². The molecule has 0 fully saturated rings. The van der Waals surface area contributed by atoms with Crippen LogP contribution in [0, 0.1) is 0 Å². The Hall–Kier alpha value is -2.00. The van der Waals surface area contributed by atoms with Gasteiger partial charge in [0.2, 0.25) is 0 Å². The summed E-state index contributed by atoms with van der Waals surface area (Å²) in [5.74, 6) is 0. The zero-order valence-corrected chi connectivity index (χ0v) is 11.3. The minimum Gasteiger partial charge on any atom is -0.375 e. The van der Waals surface area contributed by atoms with Crippen LogP contribution in [0.4, 0.5) is 11.4 Å². The van der Waals surface area contributed by atoms with Gasteiger partial charge in [0.25, 0.3) is 0 Å². The lowest BCUT2D eigenvalue weighted by Crippen LogP contribution is -2.47. The van der Waals surface area contributed by atoms with Gasteiger partial charge in [0.1, 0.15) is 0 Å². The third-order valence-corrected chi connectivity index (χ3v) is 4.08. The molecule has 1 atom stereocenters. The van der Waals surface area contributed by atoms with Gasteiger partial charge in [-0.2, -0.15) is 0 Å². The predicted octanol–water partition coefficient (Wildman–Crippen LogP) is 1.48. The second kappa shape index (κ2) is 4.84. The van der Waals surface area contributed by atoms with Crippen LogP contribution in [0.1, 0.15) is 0 Å². The van der Waals surface area contributed by atoms with Crippen molar-refractivity contribution >= 4 is 29.6 Å². The van der Waals surface area contributed by atoms with Crippen molar-refractivity contribution in [2.45, 2.75) is 6.04 Å². The second-order valence-corrected chi connectivity index (χ2v) is 5.34. The molecule has 4 rings (SSSR count). The van der Waals surface area contributed by atoms with Crippen LogP contribution in [-0.4, -0.2) is 26.5 Å². The van der Waals surface area contributed by atoms with Gasteiger partial charge in [-0.3, -0.25) is 0 Å². The van der Waals surface area contributed by atoms with Crippen molar-refractivity contribution in [2.24, 2.45) is 0 Å². The molecular formula is C17H16BNO. The maximum absolute atomic E-state index is 5.64. The van der Waals surface area contributed by atoms with Gasteiger partial charge in [-0.15, -0.1) is 0 Å². The molecule has 0 amide bonds. The topological polar surface area (TPSA) is 12.5 Å². The molecule has 0 saturated heterocycles. The quantitative estimate of drug-likeness (QED) is 0.569.